The second-order valence-electron chi connectivity index (χ2n) is 5.98. The van der Waals surface area contributed by atoms with Crippen molar-refractivity contribution >= 4 is 0 Å². The van der Waals surface area contributed by atoms with Gasteiger partial charge in [-0.2, -0.15) is 0 Å². The third kappa shape index (κ3) is 3.50. The maximum atomic E-state index is 5.76. The first-order valence-corrected chi connectivity index (χ1v) is 7.34. The minimum Gasteiger partial charge on any atom is -0.496 e. The van der Waals surface area contributed by atoms with Gasteiger partial charge in [-0.1, -0.05) is 46.8 Å². The molecule has 1 atom stereocenters. The highest BCUT2D eigenvalue weighted by Gasteiger charge is 2.21. The van der Waals surface area contributed by atoms with Crippen molar-refractivity contribution in [1.82, 2.24) is 0 Å². The fraction of sp³-hybridized carbons (Fsp3) is 0.647. The molecule has 2 N–H and O–H groups in total. The lowest BCUT2D eigenvalue weighted by molar-refractivity contribution is 0.397. The Morgan fingerprint density at radius 1 is 1.00 bits per heavy atom. The molecule has 0 spiro atoms. The molecule has 0 aliphatic heterocycles. The number of nitrogens with two attached hydrogens (primary N) is 1. The highest BCUT2D eigenvalue weighted by molar-refractivity contribution is 5.50. The van der Waals surface area contributed by atoms with Crippen molar-refractivity contribution in [2.24, 2.45) is 5.73 Å². The molecular formula is C17H29NO. The Hall–Kier alpha value is -1.02. The molecule has 1 unspecified atom stereocenters. The van der Waals surface area contributed by atoms with Crippen LogP contribution in [0.3, 0.4) is 0 Å². The molecule has 2 nitrogen and oxygen atoms in total. The Balaban J connectivity index is 3.45. The molecule has 0 saturated carbocycles. The zero-order valence-electron chi connectivity index (χ0n) is 13.3. The van der Waals surface area contributed by atoms with Crippen LogP contribution in [0.2, 0.25) is 0 Å². The van der Waals surface area contributed by atoms with Gasteiger partial charge >= 0.3 is 0 Å². The maximum Gasteiger partial charge on any atom is 0.126 e. The van der Waals surface area contributed by atoms with Crippen molar-refractivity contribution in [1.29, 1.82) is 0 Å². The molecule has 0 bridgehead atoms. The van der Waals surface area contributed by atoms with Crippen LogP contribution in [0.1, 0.15) is 75.5 Å². The largest absolute Gasteiger partial charge is 0.496 e. The molecule has 0 saturated heterocycles. The van der Waals surface area contributed by atoms with Gasteiger partial charge in [-0.05, 0) is 41.8 Å². The normalized spacial score (nSPS) is 13.1. The number of rotatable bonds is 6. The van der Waals surface area contributed by atoms with Crippen LogP contribution in [-0.4, -0.2) is 13.7 Å². The van der Waals surface area contributed by atoms with E-state index in [2.05, 4.69) is 46.8 Å². The van der Waals surface area contributed by atoms with Crippen molar-refractivity contribution < 1.29 is 4.74 Å². The first-order valence-electron chi connectivity index (χ1n) is 7.34. The summed E-state index contributed by atoms with van der Waals surface area (Å²) in [6, 6.07) is 4.49. The molecule has 0 heterocycles. The molecule has 1 rings (SSSR count). The van der Waals surface area contributed by atoms with E-state index >= 15 is 0 Å². The Kier molecular flexibility index (Phi) is 5.86. The summed E-state index contributed by atoms with van der Waals surface area (Å²) >= 11 is 0. The van der Waals surface area contributed by atoms with Crippen molar-refractivity contribution in [3.05, 3.63) is 28.8 Å². The first-order chi connectivity index (χ1) is 8.93. The van der Waals surface area contributed by atoms with Gasteiger partial charge in [0.1, 0.15) is 5.75 Å². The first kappa shape index (κ1) is 16.0. The number of ether oxygens (including phenoxy) is 1. The van der Waals surface area contributed by atoms with Crippen LogP contribution >= 0.6 is 0 Å². The molecule has 1 aromatic carbocycles. The summed E-state index contributed by atoms with van der Waals surface area (Å²) in [7, 11) is 1.78. The summed E-state index contributed by atoms with van der Waals surface area (Å²) in [6.45, 7) is 11.9. The van der Waals surface area contributed by atoms with Crippen molar-refractivity contribution in [2.45, 2.75) is 58.8 Å². The standard InChI is InChI=1S/C17H29NO/c1-11(2)14-7-8-15(12(3)4)17(19-6)16(14)13(5)9-10-18/h7-8,11-13H,9-10,18H2,1-6H3. The minimum atomic E-state index is 0.441. The van der Waals surface area contributed by atoms with E-state index in [0.717, 1.165) is 12.2 Å². The summed E-state index contributed by atoms with van der Waals surface area (Å²) < 4.78 is 5.76. The third-order valence-electron chi connectivity index (χ3n) is 3.80. The van der Waals surface area contributed by atoms with Crippen LogP contribution in [-0.2, 0) is 0 Å². The van der Waals surface area contributed by atoms with Gasteiger partial charge in [0.05, 0.1) is 7.11 Å². The molecule has 0 aromatic heterocycles. The SMILES string of the molecule is COc1c(C(C)C)ccc(C(C)C)c1C(C)CCN. The van der Waals surface area contributed by atoms with Crippen molar-refractivity contribution in [3.63, 3.8) is 0 Å². The fourth-order valence-corrected chi connectivity index (χ4v) is 2.72. The summed E-state index contributed by atoms with van der Waals surface area (Å²) in [6.07, 6.45) is 0.998. The van der Waals surface area contributed by atoms with E-state index in [9.17, 15) is 0 Å². The van der Waals surface area contributed by atoms with Crippen molar-refractivity contribution in [3.8, 4) is 5.75 Å². The Morgan fingerprint density at radius 3 is 1.95 bits per heavy atom. The summed E-state index contributed by atoms with van der Waals surface area (Å²) in [5, 5.41) is 0. The number of methoxy groups -OCH3 is 1. The van der Waals surface area contributed by atoms with Crippen molar-refractivity contribution in [2.75, 3.05) is 13.7 Å². The van der Waals surface area contributed by atoms with Crippen LogP contribution in [0.15, 0.2) is 12.1 Å². The van der Waals surface area contributed by atoms with E-state index < -0.39 is 0 Å². The molecule has 0 amide bonds. The molecule has 0 aliphatic carbocycles. The smallest absolute Gasteiger partial charge is 0.126 e. The lowest BCUT2D eigenvalue weighted by Crippen LogP contribution is -2.11. The fourth-order valence-electron chi connectivity index (χ4n) is 2.72. The van der Waals surface area contributed by atoms with Crippen LogP contribution in [0.5, 0.6) is 5.75 Å². The second kappa shape index (κ2) is 6.95. The molecule has 108 valence electrons. The molecule has 19 heavy (non-hydrogen) atoms. The average Bonchev–Trinajstić information content (AvgIpc) is 2.36. The Labute approximate surface area is 118 Å². The van der Waals surface area contributed by atoms with Crippen LogP contribution in [0.25, 0.3) is 0 Å². The van der Waals surface area contributed by atoms with Gasteiger partial charge < -0.3 is 10.5 Å². The highest BCUT2D eigenvalue weighted by Crippen LogP contribution is 2.40. The summed E-state index contributed by atoms with van der Waals surface area (Å²) in [5.74, 6) is 2.49. The molecule has 0 radical (unpaired) electrons. The Bertz CT molecular complexity index is 410. The predicted molar refractivity (Wildman–Crippen MR) is 83.3 cm³/mol. The summed E-state index contributed by atoms with van der Waals surface area (Å²) in [5.41, 5.74) is 9.79. The van der Waals surface area contributed by atoms with Gasteiger partial charge in [0, 0.05) is 5.56 Å². The van der Waals surface area contributed by atoms with E-state index in [1.165, 1.54) is 16.7 Å². The highest BCUT2D eigenvalue weighted by atomic mass is 16.5. The monoisotopic (exact) mass is 263 g/mol. The van der Waals surface area contributed by atoms with Crippen LogP contribution in [0.4, 0.5) is 0 Å². The van der Waals surface area contributed by atoms with Gasteiger partial charge in [0.25, 0.3) is 0 Å². The van der Waals surface area contributed by atoms with E-state index in [4.69, 9.17) is 10.5 Å². The molecule has 2 heteroatoms. The number of benzene rings is 1. The zero-order valence-corrected chi connectivity index (χ0v) is 13.3. The molecule has 1 aromatic rings. The zero-order chi connectivity index (χ0) is 14.6. The van der Waals surface area contributed by atoms with Gasteiger partial charge in [0.2, 0.25) is 0 Å². The number of hydrogen-bond donors (Lipinski definition) is 1. The second-order valence-corrected chi connectivity index (χ2v) is 5.98. The van der Waals surface area contributed by atoms with E-state index in [0.29, 0.717) is 24.3 Å². The minimum absolute atomic E-state index is 0.441. The van der Waals surface area contributed by atoms with Crippen LogP contribution < -0.4 is 10.5 Å². The van der Waals surface area contributed by atoms with Gasteiger partial charge in [-0.15, -0.1) is 0 Å². The maximum absolute atomic E-state index is 5.76. The molecule has 0 fully saturated rings. The predicted octanol–water partition coefficient (Wildman–Crippen LogP) is 4.39. The summed E-state index contributed by atoms with van der Waals surface area (Å²) in [4.78, 5) is 0. The van der Waals surface area contributed by atoms with E-state index in [1.54, 1.807) is 7.11 Å². The topological polar surface area (TPSA) is 35.2 Å². The molecular weight excluding hydrogens is 234 g/mol. The molecule has 0 aliphatic rings. The number of hydrogen-bond acceptors (Lipinski definition) is 2. The van der Waals surface area contributed by atoms with Gasteiger partial charge in [-0.25, -0.2) is 0 Å². The average molecular weight is 263 g/mol. The van der Waals surface area contributed by atoms with Crippen LogP contribution in [0, 0.1) is 0 Å². The van der Waals surface area contributed by atoms with E-state index in [-0.39, 0.29) is 0 Å². The quantitative estimate of drug-likeness (QED) is 0.826. The Morgan fingerprint density at radius 2 is 1.53 bits per heavy atom. The third-order valence-corrected chi connectivity index (χ3v) is 3.80. The van der Waals surface area contributed by atoms with Gasteiger partial charge in [0.15, 0.2) is 0 Å². The van der Waals surface area contributed by atoms with E-state index in [1.807, 2.05) is 0 Å². The van der Waals surface area contributed by atoms with Gasteiger partial charge in [-0.3, -0.25) is 0 Å². The lowest BCUT2D eigenvalue weighted by Gasteiger charge is -2.25. The lowest BCUT2D eigenvalue weighted by atomic mass is 9.84.